The van der Waals surface area contributed by atoms with E-state index in [4.69, 9.17) is 17.3 Å². The van der Waals surface area contributed by atoms with E-state index in [1.165, 1.54) is 6.20 Å². The molecule has 0 saturated heterocycles. The van der Waals surface area contributed by atoms with Gasteiger partial charge < -0.3 is 5.73 Å². The predicted molar refractivity (Wildman–Crippen MR) is 61.6 cm³/mol. The number of aryl methyl sites for hydroxylation is 1. The lowest BCUT2D eigenvalue weighted by atomic mass is 10.1. The quantitative estimate of drug-likeness (QED) is 0.802. The molecule has 0 amide bonds. The Morgan fingerprint density at radius 2 is 2.07 bits per heavy atom. The van der Waals surface area contributed by atoms with Gasteiger partial charge in [-0.3, -0.25) is 4.98 Å². The van der Waals surface area contributed by atoms with Crippen molar-refractivity contribution in [3.63, 3.8) is 0 Å². The van der Waals surface area contributed by atoms with Crippen molar-refractivity contribution in [1.29, 1.82) is 0 Å². The molecule has 0 saturated carbocycles. The van der Waals surface area contributed by atoms with E-state index in [2.05, 4.69) is 9.97 Å². The highest BCUT2D eigenvalue weighted by atomic mass is 35.5. The van der Waals surface area contributed by atoms with Crippen LogP contribution < -0.4 is 5.73 Å². The number of nitrogens with two attached hydrogens (primary N) is 1. The number of nitrogens with zero attached hydrogens (tertiary/aromatic N) is 2. The van der Waals surface area contributed by atoms with Crippen LogP contribution >= 0.6 is 11.6 Å². The summed E-state index contributed by atoms with van der Waals surface area (Å²) in [4.78, 5) is 8.15. The van der Waals surface area contributed by atoms with Crippen LogP contribution in [0.5, 0.6) is 0 Å². The van der Waals surface area contributed by atoms with Crippen molar-refractivity contribution >= 4 is 17.4 Å². The molecular formula is C11H10ClN3. The van der Waals surface area contributed by atoms with Crippen molar-refractivity contribution in [3.8, 4) is 11.3 Å². The van der Waals surface area contributed by atoms with Crippen LogP contribution in [0.1, 0.15) is 5.56 Å². The summed E-state index contributed by atoms with van der Waals surface area (Å²) in [6.07, 6.45) is 3.18. The molecule has 76 valence electrons. The smallest absolute Gasteiger partial charge is 0.142 e. The number of halogens is 1. The largest absolute Gasteiger partial charge is 0.382 e. The van der Waals surface area contributed by atoms with Crippen LogP contribution in [0, 0.1) is 6.92 Å². The first-order valence-electron chi connectivity index (χ1n) is 4.51. The van der Waals surface area contributed by atoms with Crippen LogP contribution in [0.4, 0.5) is 5.82 Å². The van der Waals surface area contributed by atoms with Crippen LogP contribution in [-0.2, 0) is 0 Å². The average Bonchev–Trinajstić information content (AvgIpc) is 2.22. The summed E-state index contributed by atoms with van der Waals surface area (Å²) in [5.41, 5.74) is 8.25. The maximum Gasteiger partial charge on any atom is 0.142 e. The van der Waals surface area contributed by atoms with Gasteiger partial charge in [0.2, 0.25) is 0 Å². The third-order valence-electron chi connectivity index (χ3n) is 2.12. The molecule has 1 heterocycles. The van der Waals surface area contributed by atoms with E-state index in [1.807, 2.05) is 25.1 Å². The second-order valence-corrected chi connectivity index (χ2v) is 3.70. The maximum atomic E-state index is 6.02. The highest BCUT2D eigenvalue weighted by molar-refractivity contribution is 6.31. The number of hydrogen-bond donors (Lipinski definition) is 1. The summed E-state index contributed by atoms with van der Waals surface area (Å²) >= 11 is 6.02. The van der Waals surface area contributed by atoms with Gasteiger partial charge in [-0.1, -0.05) is 23.7 Å². The zero-order valence-electron chi connectivity index (χ0n) is 8.24. The van der Waals surface area contributed by atoms with E-state index in [-0.39, 0.29) is 0 Å². The maximum absolute atomic E-state index is 6.02. The van der Waals surface area contributed by atoms with Crippen molar-refractivity contribution in [2.75, 3.05) is 5.73 Å². The van der Waals surface area contributed by atoms with Crippen molar-refractivity contribution in [3.05, 3.63) is 41.2 Å². The molecular weight excluding hydrogens is 210 g/mol. The molecule has 0 bridgehead atoms. The molecule has 4 heteroatoms. The molecule has 0 atom stereocenters. The minimum Gasteiger partial charge on any atom is -0.382 e. The predicted octanol–water partition coefficient (Wildman–Crippen LogP) is 2.69. The lowest BCUT2D eigenvalue weighted by Crippen LogP contribution is -1.93. The topological polar surface area (TPSA) is 51.8 Å². The van der Waals surface area contributed by atoms with Gasteiger partial charge in [-0.15, -0.1) is 0 Å². The van der Waals surface area contributed by atoms with E-state index in [0.29, 0.717) is 5.82 Å². The number of rotatable bonds is 1. The molecule has 2 aromatic rings. The average molecular weight is 220 g/mol. The standard InChI is InChI=1S/C11H10ClN3/c1-7-2-3-8(4-9(7)12)10-5-14-6-11(13)15-10/h2-6H,1H3,(H2,13,15). The molecule has 0 unspecified atom stereocenters. The van der Waals surface area contributed by atoms with E-state index in [9.17, 15) is 0 Å². The first-order valence-corrected chi connectivity index (χ1v) is 4.88. The Balaban J connectivity index is 2.50. The zero-order valence-corrected chi connectivity index (χ0v) is 8.99. The molecule has 2 rings (SSSR count). The Hall–Kier alpha value is -1.61. The summed E-state index contributed by atoms with van der Waals surface area (Å²) in [7, 11) is 0. The van der Waals surface area contributed by atoms with Crippen LogP contribution in [0.15, 0.2) is 30.6 Å². The summed E-state index contributed by atoms with van der Waals surface area (Å²) in [6, 6.07) is 5.76. The fraction of sp³-hybridized carbons (Fsp3) is 0.0909. The van der Waals surface area contributed by atoms with Gasteiger partial charge in [0.1, 0.15) is 5.82 Å². The minimum absolute atomic E-state index is 0.407. The molecule has 2 N–H and O–H groups in total. The van der Waals surface area contributed by atoms with E-state index < -0.39 is 0 Å². The second kappa shape index (κ2) is 3.87. The molecule has 0 fully saturated rings. The Bertz CT molecular complexity index is 497. The summed E-state index contributed by atoms with van der Waals surface area (Å²) in [5.74, 6) is 0.407. The molecule has 0 aliphatic carbocycles. The Kier molecular flexibility index (Phi) is 2.56. The molecule has 0 spiro atoms. The lowest BCUT2D eigenvalue weighted by Gasteiger charge is -2.03. The number of anilines is 1. The van der Waals surface area contributed by atoms with Crippen molar-refractivity contribution in [2.24, 2.45) is 0 Å². The molecule has 0 aliphatic rings. The number of nitrogen functional groups attached to an aromatic ring is 1. The number of hydrogen-bond acceptors (Lipinski definition) is 3. The van der Waals surface area contributed by atoms with Gasteiger partial charge in [0, 0.05) is 10.6 Å². The van der Waals surface area contributed by atoms with Gasteiger partial charge in [-0.2, -0.15) is 0 Å². The molecule has 1 aromatic carbocycles. The molecule has 3 nitrogen and oxygen atoms in total. The van der Waals surface area contributed by atoms with Gasteiger partial charge in [0.05, 0.1) is 18.1 Å². The zero-order chi connectivity index (χ0) is 10.8. The normalized spacial score (nSPS) is 10.3. The van der Waals surface area contributed by atoms with E-state index in [0.717, 1.165) is 21.8 Å². The Morgan fingerprint density at radius 3 is 2.73 bits per heavy atom. The van der Waals surface area contributed by atoms with Crippen molar-refractivity contribution < 1.29 is 0 Å². The van der Waals surface area contributed by atoms with Crippen LogP contribution in [0.3, 0.4) is 0 Å². The molecule has 1 aromatic heterocycles. The van der Waals surface area contributed by atoms with Crippen molar-refractivity contribution in [2.45, 2.75) is 6.92 Å². The minimum atomic E-state index is 0.407. The second-order valence-electron chi connectivity index (χ2n) is 3.29. The first kappa shape index (κ1) is 9.93. The van der Waals surface area contributed by atoms with Crippen molar-refractivity contribution in [1.82, 2.24) is 9.97 Å². The summed E-state index contributed by atoms with van der Waals surface area (Å²) < 4.78 is 0. The SMILES string of the molecule is Cc1ccc(-c2cncc(N)n2)cc1Cl. The summed E-state index contributed by atoms with van der Waals surface area (Å²) in [5, 5.41) is 0.719. The van der Waals surface area contributed by atoms with Gasteiger partial charge in [-0.05, 0) is 18.6 Å². The number of benzene rings is 1. The number of aromatic nitrogens is 2. The highest BCUT2D eigenvalue weighted by Crippen LogP contribution is 2.23. The van der Waals surface area contributed by atoms with Gasteiger partial charge in [-0.25, -0.2) is 4.98 Å². The Morgan fingerprint density at radius 1 is 1.27 bits per heavy atom. The molecule has 0 radical (unpaired) electrons. The third-order valence-corrected chi connectivity index (χ3v) is 2.53. The van der Waals surface area contributed by atoms with E-state index >= 15 is 0 Å². The Labute approximate surface area is 92.9 Å². The molecule has 0 aliphatic heterocycles. The monoisotopic (exact) mass is 219 g/mol. The first-order chi connectivity index (χ1) is 7.16. The van der Waals surface area contributed by atoms with Crippen LogP contribution in [-0.4, -0.2) is 9.97 Å². The summed E-state index contributed by atoms with van der Waals surface area (Å²) in [6.45, 7) is 1.96. The van der Waals surface area contributed by atoms with Gasteiger partial charge in [0.15, 0.2) is 0 Å². The van der Waals surface area contributed by atoms with Crippen LogP contribution in [0.2, 0.25) is 5.02 Å². The van der Waals surface area contributed by atoms with E-state index in [1.54, 1.807) is 6.20 Å². The van der Waals surface area contributed by atoms with Crippen LogP contribution in [0.25, 0.3) is 11.3 Å². The fourth-order valence-electron chi connectivity index (χ4n) is 1.27. The third kappa shape index (κ3) is 2.07. The fourth-order valence-corrected chi connectivity index (χ4v) is 1.45. The molecule has 15 heavy (non-hydrogen) atoms. The lowest BCUT2D eigenvalue weighted by molar-refractivity contribution is 1.21. The van der Waals surface area contributed by atoms with Gasteiger partial charge in [0.25, 0.3) is 0 Å². The highest BCUT2D eigenvalue weighted by Gasteiger charge is 2.02. The van der Waals surface area contributed by atoms with Gasteiger partial charge >= 0.3 is 0 Å².